The zero-order valence-electron chi connectivity index (χ0n) is 9.07. The Labute approximate surface area is 103 Å². The summed E-state index contributed by atoms with van der Waals surface area (Å²) in [6.07, 6.45) is 0. The lowest BCUT2D eigenvalue weighted by Crippen LogP contribution is -2.34. The maximum atomic E-state index is 11.8. The fourth-order valence-electron chi connectivity index (χ4n) is 1.69. The van der Waals surface area contributed by atoms with Gasteiger partial charge in [-0.3, -0.25) is 9.10 Å². The molecule has 2 rings (SSSR count). The number of nitrogens with one attached hydrogen (secondary N) is 1. The molecule has 1 aliphatic heterocycles. The van der Waals surface area contributed by atoms with E-state index in [0.717, 1.165) is 4.31 Å². The zero-order chi connectivity index (χ0) is 13.3. The number of nitrogens with zero attached hydrogens (tertiary/aromatic N) is 2. The molecule has 94 valence electrons. The quantitative estimate of drug-likeness (QED) is 0.762. The first-order valence-electron chi connectivity index (χ1n) is 4.97. The zero-order valence-corrected chi connectivity index (χ0v) is 9.88. The van der Waals surface area contributed by atoms with Crippen molar-refractivity contribution in [2.75, 3.05) is 10.8 Å². The number of rotatable bonds is 2. The molecule has 1 atom stereocenters. The largest absolute Gasteiger partial charge is 0.480 e. The second-order valence-corrected chi connectivity index (χ2v) is 5.30. The van der Waals surface area contributed by atoms with Crippen molar-refractivity contribution in [3.8, 4) is 6.07 Å². The number of aliphatic carboxylic acids is 1. The van der Waals surface area contributed by atoms with E-state index in [4.69, 9.17) is 10.4 Å². The van der Waals surface area contributed by atoms with E-state index in [1.54, 1.807) is 12.1 Å². The van der Waals surface area contributed by atoms with E-state index in [1.165, 1.54) is 12.1 Å². The molecule has 1 fully saturated rings. The van der Waals surface area contributed by atoms with Crippen molar-refractivity contribution in [3.05, 3.63) is 29.8 Å². The fraction of sp³-hybridized carbons (Fsp3) is 0.200. The van der Waals surface area contributed by atoms with E-state index in [0.29, 0.717) is 0 Å². The van der Waals surface area contributed by atoms with E-state index in [9.17, 15) is 13.2 Å². The molecular formula is C10H9N3O4S. The van der Waals surface area contributed by atoms with Crippen LogP contribution in [0.15, 0.2) is 24.3 Å². The highest BCUT2D eigenvalue weighted by molar-refractivity contribution is 7.91. The van der Waals surface area contributed by atoms with Gasteiger partial charge in [0, 0.05) is 0 Å². The summed E-state index contributed by atoms with van der Waals surface area (Å²) in [6, 6.07) is 6.78. The molecule has 1 unspecified atom stereocenters. The summed E-state index contributed by atoms with van der Waals surface area (Å²) in [5.74, 6) is -1.25. The van der Waals surface area contributed by atoms with Crippen LogP contribution >= 0.6 is 0 Å². The Balaban J connectivity index is 2.46. The average molecular weight is 267 g/mol. The van der Waals surface area contributed by atoms with Crippen LogP contribution in [-0.4, -0.2) is 32.1 Å². The van der Waals surface area contributed by atoms with Gasteiger partial charge in [0.1, 0.15) is 12.1 Å². The summed E-state index contributed by atoms with van der Waals surface area (Å²) < 4.78 is 26.5. The first kappa shape index (κ1) is 12.3. The highest BCUT2D eigenvalue weighted by Gasteiger charge is 2.40. The molecule has 2 N–H and O–H groups in total. The molecule has 1 aromatic rings. The molecular weight excluding hydrogens is 258 g/mol. The van der Waals surface area contributed by atoms with Gasteiger partial charge in [-0.25, -0.2) is 0 Å². The second kappa shape index (κ2) is 4.29. The topological polar surface area (TPSA) is 110 Å². The second-order valence-electron chi connectivity index (χ2n) is 3.67. The van der Waals surface area contributed by atoms with E-state index in [2.05, 4.69) is 0 Å². The van der Waals surface area contributed by atoms with Gasteiger partial charge in [-0.2, -0.15) is 18.4 Å². The van der Waals surface area contributed by atoms with Gasteiger partial charge in [-0.1, -0.05) is 12.1 Å². The van der Waals surface area contributed by atoms with Crippen LogP contribution in [0.5, 0.6) is 0 Å². The Hall–Kier alpha value is -2.11. The Morgan fingerprint density at radius 3 is 2.72 bits per heavy atom. The van der Waals surface area contributed by atoms with Crippen molar-refractivity contribution in [3.63, 3.8) is 0 Å². The van der Waals surface area contributed by atoms with Gasteiger partial charge in [-0.05, 0) is 12.1 Å². The van der Waals surface area contributed by atoms with Gasteiger partial charge in [0.15, 0.2) is 0 Å². The van der Waals surface area contributed by atoms with Gasteiger partial charge in [0.25, 0.3) is 0 Å². The minimum absolute atomic E-state index is 0.175. The number of hydrogen-bond acceptors (Lipinski definition) is 4. The van der Waals surface area contributed by atoms with Crippen LogP contribution < -0.4 is 9.03 Å². The predicted octanol–water partition coefficient (Wildman–Crippen LogP) is -0.334. The van der Waals surface area contributed by atoms with Crippen molar-refractivity contribution >= 4 is 21.9 Å². The first-order valence-corrected chi connectivity index (χ1v) is 6.41. The molecule has 0 saturated carbocycles. The molecule has 1 aromatic carbocycles. The molecule has 0 amide bonds. The van der Waals surface area contributed by atoms with Crippen LogP contribution in [0.3, 0.4) is 0 Å². The third kappa shape index (κ3) is 2.01. The Bertz CT molecular complexity index is 635. The van der Waals surface area contributed by atoms with Gasteiger partial charge in [0.05, 0.1) is 17.8 Å². The van der Waals surface area contributed by atoms with Crippen LogP contribution in [0, 0.1) is 11.3 Å². The summed E-state index contributed by atoms with van der Waals surface area (Å²) in [7, 11) is -3.92. The number of para-hydroxylation sites is 1. The Kier molecular flexibility index (Phi) is 2.94. The van der Waals surface area contributed by atoms with Crippen molar-refractivity contribution in [2.45, 2.75) is 6.04 Å². The number of hydrogen-bond donors (Lipinski definition) is 2. The normalized spacial score (nSPS) is 21.5. The van der Waals surface area contributed by atoms with Crippen molar-refractivity contribution in [1.29, 1.82) is 5.26 Å². The number of carboxylic acid groups (broad SMARTS) is 1. The first-order chi connectivity index (χ1) is 8.45. The number of anilines is 1. The summed E-state index contributed by atoms with van der Waals surface area (Å²) in [5.41, 5.74) is 0.352. The standard InChI is InChI=1S/C10H9N3O4S/c11-5-7-3-1-2-4-9(7)13-6-8(10(14)15)12-18(13,16)17/h1-4,8,12H,6H2,(H,14,15). The smallest absolute Gasteiger partial charge is 0.323 e. The maximum Gasteiger partial charge on any atom is 0.323 e. The molecule has 1 heterocycles. The van der Waals surface area contributed by atoms with E-state index in [1.807, 2.05) is 10.8 Å². The van der Waals surface area contributed by atoms with Gasteiger partial charge >= 0.3 is 16.2 Å². The molecule has 1 aliphatic rings. The van der Waals surface area contributed by atoms with Crippen molar-refractivity contribution in [1.82, 2.24) is 4.72 Å². The van der Waals surface area contributed by atoms with E-state index >= 15 is 0 Å². The van der Waals surface area contributed by atoms with Crippen LogP contribution in [0.25, 0.3) is 0 Å². The van der Waals surface area contributed by atoms with Crippen LogP contribution in [-0.2, 0) is 15.0 Å². The monoisotopic (exact) mass is 267 g/mol. The molecule has 0 radical (unpaired) electrons. The molecule has 0 bridgehead atoms. The third-order valence-electron chi connectivity index (χ3n) is 2.52. The van der Waals surface area contributed by atoms with Gasteiger partial charge in [-0.15, -0.1) is 0 Å². The summed E-state index contributed by atoms with van der Waals surface area (Å²) in [6.45, 7) is -0.240. The highest BCUT2D eigenvalue weighted by atomic mass is 32.2. The van der Waals surface area contributed by atoms with Crippen molar-refractivity contribution in [2.24, 2.45) is 0 Å². The molecule has 8 heteroatoms. The van der Waals surface area contributed by atoms with E-state index in [-0.39, 0.29) is 17.8 Å². The van der Waals surface area contributed by atoms with Crippen LogP contribution in [0.2, 0.25) is 0 Å². The molecule has 1 saturated heterocycles. The molecule has 18 heavy (non-hydrogen) atoms. The number of carboxylic acids is 1. The molecule has 7 nitrogen and oxygen atoms in total. The van der Waals surface area contributed by atoms with Crippen LogP contribution in [0.1, 0.15) is 5.56 Å². The molecule has 0 spiro atoms. The Morgan fingerprint density at radius 2 is 2.17 bits per heavy atom. The number of benzene rings is 1. The SMILES string of the molecule is N#Cc1ccccc1N1CC(C(=O)O)NS1(=O)=O. The summed E-state index contributed by atoms with van der Waals surface area (Å²) >= 11 is 0. The van der Waals surface area contributed by atoms with E-state index < -0.39 is 22.2 Å². The Morgan fingerprint density at radius 1 is 1.50 bits per heavy atom. The minimum Gasteiger partial charge on any atom is -0.480 e. The summed E-state index contributed by atoms with van der Waals surface area (Å²) in [5, 5.41) is 17.7. The lowest BCUT2D eigenvalue weighted by molar-refractivity contribution is -0.138. The fourth-order valence-corrected chi connectivity index (χ4v) is 3.11. The predicted molar refractivity (Wildman–Crippen MR) is 62.0 cm³/mol. The van der Waals surface area contributed by atoms with Gasteiger partial charge < -0.3 is 5.11 Å². The lowest BCUT2D eigenvalue weighted by Gasteiger charge is -2.16. The maximum absolute atomic E-state index is 11.8. The summed E-state index contributed by atoms with van der Waals surface area (Å²) in [4.78, 5) is 10.8. The number of carbonyl (C=O) groups is 1. The molecule has 0 aromatic heterocycles. The van der Waals surface area contributed by atoms with Crippen molar-refractivity contribution < 1.29 is 18.3 Å². The molecule has 0 aliphatic carbocycles. The minimum atomic E-state index is -3.92. The number of nitriles is 1. The highest BCUT2D eigenvalue weighted by Crippen LogP contribution is 2.25. The van der Waals surface area contributed by atoms with Crippen LogP contribution in [0.4, 0.5) is 5.69 Å². The third-order valence-corrected chi connectivity index (χ3v) is 4.03. The lowest BCUT2D eigenvalue weighted by atomic mass is 10.2. The van der Waals surface area contributed by atoms with Gasteiger partial charge in [0.2, 0.25) is 0 Å². The average Bonchev–Trinajstić information content (AvgIpc) is 2.65.